The molecule has 0 saturated carbocycles. The molecular weight excluding hydrogens is 132 g/mol. The molecule has 1 heteroatoms. The van der Waals surface area contributed by atoms with E-state index in [4.69, 9.17) is 11.6 Å². The molecule has 0 spiro atoms. The second kappa shape index (κ2) is 4.39. The van der Waals surface area contributed by atoms with E-state index in [0.717, 1.165) is 11.1 Å². The molecule has 50 valence electrons. The topological polar surface area (TPSA) is 0 Å². The molecule has 0 aliphatic carbocycles. The smallest absolute Gasteiger partial charge is 0.0468 e. The van der Waals surface area contributed by atoms with Crippen LogP contribution in [0.5, 0.6) is 0 Å². The van der Waals surface area contributed by atoms with Crippen LogP contribution in [0, 0.1) is 0 Å². The van der Waals surface area contributed by atoms with Crippen molar-refractivity contribution in [3.05, 3.63) is 36.5 Å². The molecule has 0 radical (unpaired) electrons. The van der Waals surface area contributed by atoms with E-state index in [1.807, 2.05) is 19.1 Å². The van der Waals surface area contributed by atoms with E-state index >= 15 is 0 Å². The highest BCUT2D eigenvalue weighted by atomic mass is 35.5. The normalized spacial score (nSPS) is 10.0. The summed E-state index contributed by atoms with van der Waals surface area (Å²) in [6.45, 7) is 9.30. The van der Waals surface area contributed by atoms with Gasteiger partial charge in [0.1, 0.15) is 0 Å². The van der Waals surface area contributed by atoms with Crippen molar-refractivity contribution >= 4 is 11.6 Å². The van der Waals surface area contributed by atoms with Crippen LogP contribution < -0.4 is 0 Å². The minimum atomic E-state index is 0.490. The van der Waals surface area contributed by atoms with Crippen molar-refractivity contribution in [1.29, 1.82) is 0 Å². The zero-order valence-corrected chi connectivity index (χ0v) is 6.41. The highest BCUT2D eigenvalue weighted by Gasteiger charge is 1.80. The van der Waals surface area contributed by atoms with Crippen molar-refractivity contribution in [3.8, 4) is 0 Å². The summed E-state index contributed by atoms with van der Waals surface area (Å²) in [6.07, 6.45) is 3.76. The van der Waals surface area contributed by atoms with E-state index in [0.29, 0.717) is 5.88 Å². The van der Waals surface area contributed by atoms with Crippen molar-refractivity contribution < 1.29 is 0 Å². The monoisotopic (exact) mass is 142 g/mol. The van der Waals surface area contributed by atoms with Crippen molar-refractivity contribution in [2.75, 3.05) is 5.88 Å². The Bertz CT molecular complexity index is 143. The third-order valence-corrected chi connectivity index (χ3v) is 1.12. The SMILES string of the molecule is C=C(C)/C=C\C(=C)CCl. The average Bonchev–Trinajstić information content (AvgIpc) is 1.83. The van der Waals surface area contributed by atoms with E-state index in [2.05, 4.69) is 13.2 Å². The van der Waals surface area contributed by atoms with Gasteiger partial charge < -0.3 is 0 Å². The standard InChI is InChI=1S/C8H11Cl/c1-7(2)4-5-8(3)6-9/h4-5H,1,3,6H2,2H3/b5-4-. The first-order valence-corrected chi connectivity index (χ1v) is 3.27. The maximum absolute atomic E-state index is 5.45. The van der Waals surface area contributed by atoms with Crippen LogP contribution in [0.2, 0.25) is 0 Å². The van der Waals surface area contributed by atoms with Gasteiger partial charge in [-0.05, 0) is 12.5 Å². The summed E-state index contributed by atoms with van der Waals surface area (Å²) in [6, 6.07) is 0. The number of allylic oxidation sites excluding steroid dienone is 4. The lowest BCUT2D eigenvalue weighted by atomic mass is 10.2. The van der Waals surface area contributed by atoms with E-state index in [1.54, 1.807) is 0 Å². The first-order valence-electron chi connectivity index (χ1n) is 2.74. The minimum Gasteiger partial charge on any atom is -0.122 e. The average molecular weight is 143 g/mol. The molecule has 0 aromatic rings. The largest absolute Gasteiger partial charge is 0.122 e. The summed E-state index contributed by atoms with van der Waals surface area (Å²) in [7, 11) is 0. The van der Waals surface area contributed by atoms with Gasteiger partial charge in [0.2, 0.25) is 0 Å². The molecule has 0 aromatic heterocycles. The highest BCUT2D eigenvalue weighted by Crippen LogP contribution is 1.98. The number of hydrogen-bond acceptors (Lipinski definition) is 0. The Labute approximate surface area is 61.5 Å². The summed E-state index contributed by atoms with van der Waals surface area (Å²) in [5, 5.41) is 0. The van der Waals surface area contributed by atoms with Crippen LogP contribution in [-0.2, 0) is 0 Å². The molecule has 0 N–H and O–H groups in total. The second-order valence-electron chi connectivity index (χ2n) is 1.97. The maximum Gasteiger partial charge on any atom is 0.0468 e. The lowest BCUT2D eigenvalue weighted by Crippen LogP contribution is -1.73. The van der Waals surface area contributed by atoms with Crippen LogP contribution in [0.15, 0.2) is 36.5 Å². The molecular formula is C8H11Cl. The molecule has 0 fully saturated rings. The van der Waals surface area contributed by atoms with E-state index in [9.17, 15) is 0 Å². The lowest BCUT2D eigenvalue weighted by molar-refractivity contribution is 1.51. The van der Waals surface area contributed by atoms with E-state index < -0.39 is 0 Å². The molecule has 0 atom stereocenters. The van der Waals surface area contributed by atoms with Crippen molar-refractivity contribution in [1.82, 2.24) is 0 Å². The quantitative estimate of drug-likeness (QED) is 0.420. The number of alkyl halides is 1. The molecule has 0 saturated heterocycles. The van der Waals surface area contributed by atoms with Crippen LogP contribution in [0.25, 0.3) is 0 Å². The van der Waals surface area contributed by atoms with Crippen LogP contribution in [0.1, 0.15) is 6.92 Å². The van der Waals surface area contributed by atoms with Gasteiger partial charge in [0.15, 0.2) is 0 Å². The summed E-state index contributed by atoms with van der Waals surface area (Å²) in [4.78, 5) is 0. The molecule has 0 heterocycles. The third kappa shape index (κ3) is 5.38. The predicted molar refractivity (Wildman–Crippen MR) is 43.8 cm³/mol. The first kappa shape index (κ1) is 8.51. The summed E-state index contributed by atoms with van der Waals surface area (Å²) >= 11 is 5.45. The Kier molecular flexibility index (Phi) is 4.16. The Morgan fingerprint density at radius 1 is 1.44 bits per heavy atom. The van der Waals surface area contributed by atoms with Crippen molar-refractivity contribution in [3.63, 3.8) is 0 Å². The summed E-state index contributed by atoms with van der Waals surface area (Å²) < 4.78 is 0. The summed E-state index contributed by atoms with van der Waals surface area (Å²) in [5.74, 6) is 0.490. The fraction of sp³-hybridized carbons (Fsp3) is 0.250. The van der Waals surface area contributed by atoms with Crippen LogP contribution in [0.4, 0.5) is 0 Å². The van der Waals surface area contributed by atoms with Gasteiger partial charge >= 0.3 is 0 Å². The molecule has 0 rings (SSSR count). The Balaban J connectivity index is 3.71. The predicted octanol–water partition coefficient (Wildman–Crippen LogP) is 2.91. The van der Waals surface area contributed by atoms with Gasteiger partial charge in [-0.1, -0.05) is 30.9 Å². The minimum absolute atomic E-state index is 0.490. The van der Waals surface area contributed by atoms with Crippen LogP contribution in [0.3, 0.4) is 0 Å². The van der Waals surface area contributed by atoms with Gasteiger partial charge in [-0.15, -0.1) is 11.6 Å². The Morgan fingerprint density at radius 2 is 2.00 bits per heavy atom. The van der Waals surface area contributed by atoms with Gasteiger partial charge in [-0.2, -0.15) is 0 Å². The van der Waals surface area contributed by atoms with E-state index in [1.165, 1.54) is 0 Å². The van der Waals surface area contributed by atoms with Gasteiger partial charge in [0.25, 0.3) is 0 Å². The molecule has 0 bridgehead atoms. The van der Waals surface area contributed by atoms with Crippen LogP contribution in [-0.4, -0.2) is 5.88 Å². The molecule has 0 aliphatic heterocycles. The van der Waals surface area contributed by atoms with Crippen LogP contribution >= 0.6 is 11.6 Å². The number of rotatable bonds is 3. The van der Waals surface area contributed by atoms with Gasteiger partial charge in [0.05, 0.1) is 0 Å². The zero-order valence-electron chi connectivity index (χ0n) is 5.65. The van der Waals surface area contributed by atoms with Crippen molar-refractivity contribution in [2.24, 2.45) is 0 Å². The highest BCUT2D eigenvalue weighted by molar-refractivity contribution is 6.19. The molecule has 9 heavy (non-hydrogen) atoms. The van der Waals surface area contributed by atoms with E-state index in [-0.39, 0.29) is 0 Å². The molecule has 0 amide bonds. The van der Waals surface area contributed by atoms with Gasteiger partial charge in [-0.25, -0.2) is 0 Å². The Morgan fingerprint density at radius 3 is 2.33 bits per heavy atom. The molecule has 0 aromatic carbocycles. The Hall–Kier alpha value is -0.490. The first-order chi connectivity index (χ1) is 4.16. The third-order valence-electron chi connectivity index (χ3n) is 0.775. The fourth-order valence-corrected chi connectivity index (χ4v) is 0.394. The van der Waals surface area contributed by atoms with Gasteiger partial charge in [0, 0.05) is 5.88 Å². The zero-order chi connectivity index (χ0) is 7.28. The second-order valence-corrected chi connectivity index (χ2v) is 2.24. The molecule has 0 nitrogen and oxygen atoms in total. The van der Waals surface area contributed by atoms with Gasteiger partial charge in [-0.3, -0.25) is 0 Å². The fourth-order valence-electron chi connectivity index (χ4n) is 0.305. The molecule has 0 aliphatic rings. The number of halogens is 1. The molecule has 0 unspecified atom stereocenters. The maximum atomic E-state index is 5.45. The number of hydrogen-bond donors (Lipinski definition) is 0. The summed E-state index contributed by atoms with van der Waals surface area (Å²) in [5.41, 5.74) is 1.93. The lowest BCUT2D eigenvalue weighted by Gasteiger charge is -1.88. The van der Waals surface area contributed by atoms with Crippen molar-refractivity contribution in [2.45, 2.75) is 6.92 Å².